The molecule has 0 aromatic heterocycles. The molecule has 5 heteroatoms. The first-order valence-electron chi connectivity index (χ1n) is 6.41. The van der Waals surface area contributed by atoms with Crippen LogP contribution in [0.1, 0.15) is 6.92 Å². The highest BCUT2D eigenvalue weighted by atomic mass is 19.1. The van der Waals surface area contributed by atoms with Crippen molar-refractivity contribution in [3.8, 4) is 0 Å². The van der Waals surface area contributed by atoms with Crippen LogP contribution in [-0.4, -0.2) is 48.7 Å². The van der Waals surface area contributed by atoms with Crippen molar-refractivity contribution in [1.29, 1.82) is 0 Å². The van der Waals surface area contributed by atoms with Crippen LogP contribution >= 0.6 is 0 Å². The van der Waals surface area contributed by atoms with Crippen LogP contribution in [0.4, 0.5) is 10.1 Å². The number of likely N-dealkylation sites (N-methyl/N-ethyl adjacent to an activating group) is 1. The maximum atomic E-state index is 13.9. The number of carbonyl (C=O) groups is 1. The zero-order valence-corrected chi connectivity index (χ0v) is 11.2. The Kier molecular flexibility index (Phi) is 4.04. The quantitative estimate of drug-likeness (QED) is 0.884. The number of aliphatic carboxylic acids is 1. The number of nitrogens with zero attached hydrogens (tertiary/aromatic N) is 2. The molecule has 4 nitrogen and oxygen atoms in total. The van der Waals surface area contributed by atoms with Gasteiger partial charge in [0.15, 0.2) is 0 Å². The fourth-order valence-electron chi connectivity index (χ4n) is 2.45. The van der Waals surface area contributed by atoms with Crippen molar-refractivity contribution in [3.63, 3.8) is 0 Å². The number of carboxylic acids is 1. The summed E-state index contributed by atoms with van der Waals surface area (Å²) in [6.45, 7) is 3.48. The lowest BCUT2D eigenvalue weighted by molar-refractivity contribution is -0.141. The third-order valence-electron chi connectivity index (χ3n) is 3.73. The third kappa shape index (κ3) is 3.04. The van der Waals surface area contributed by atoms with E-state index in [2.05, 4.69) is 0 Å². The highest BCUT2D eigenvalue weighted by Crippen LogP contribution is 2.23. The second kappa shape index (κ2) is 5.57. The minimum absolute atomic E-state index is 0.184. The summed E-state index contributed by atoms with van der Waals surface area (Å²) in [6, 6.07) is 6.70. The van der Waals surface area contributed by atoms with E-state index >= 15 is 0 Å². The Morgan fingerprint density at radius 1 is 1.32 bits per heavy atom. The summed E-state index contributed by atoms with van der Waals surface area (Å²) < 4.78 is 13.9. The van der Waals surface area contributed by atoms with Gasteiger partial charge in [-0.1, -0.05) is 12.1 Å². The van der Waals surface area contributed by atoms with Crippen LogP contribution < -0.4 is 4.90 Å². The topological polar surface area (TPSA) is 43.8 Å². The maximum absolute atomic E-state index is 13.9. The van der Waals surface area contributed by atoms with Gasteiger partial charge in [0.25, 0.3) is 0 Å². The normalized spacial score (nSPS) is 25.1. The minimum Gasteiger partial charge on any atom is -0.481 e. The molecule has 1 fully saturated rings. The number of hydrogen-bond donors (Lipinski definition) is 1. The van der Waals surface area contributed by atoms with Crippen LogP contribution in [0.5, 0.6) is 0 Å². The Balaban J connectivity index is 2.28. The summed E-state index contributed by atoms with van der Waals surface area (Å²) in [4.78, 5) is 15.1. The molecule has 1 aliphatic rings. The fraction of sp³-hybridized carbons (Fsp3) is 0.500. The summed E-state index contributed by atoms with van der Waals surface area (Å²) in [5.74, 6) is -1.64. The standard InChI is InChI=1S/C14H19FN2O2/c1-10-7-17(13-6-4-3-5-12(13)15)9-11(14(18)19)8-16(10)2/h3-6,10-11H,7-9H2,1-2H3,(H,18,19). The molecule has 1 aromatic rings. The highest BCUT2D eigenvalue weighted by Gasteiger charge is 2.30. The first-order valence-corrected chi connectivity index (χ1v) is 6.41. The monoisotopic (exact) mass is 266 g/mol. The number of halogens is 1. The number of rotatable bonds is 2. The number of para-hydroxylation sites is 1. The smallest absolute Gasteiger partial charge is 0.309 e. The lowest BCUT2D eigenvalue weighted by atomic mass is 10.1. The second-order valence-electron chi connectivity index (χ2n) is 5.18. The molecular formula is C14H19FN2O2. The highest BCUT2D eigenvalue weighted by molar-refractivity contribution is 5.71. The lowest BCUT2D eigenvalue weighted by Crippen LogP contribution is -2.36. The predicted octanol–water partition coefficient (Wildman–Crippen LogP) is 1.67. The molecular weight excluding hydrogens is 247 g/mol. The molecule has 1 aliphatic heterocycles. The maximum Gasteiger partial charge on any atom is 0.309 e. The SMILES string of the molecule is CC1CN(c2ccccc2F)CC(C(=O)O)CN1C. The van der Waals surface area contributed by atoms with Gasteiger partial charge >= 0.3 is 5.97 Å². The van der Waals surface area contributed by atoms with E-state index in [1.807, 2.05) is 23.8 Å². The van der Waals surface area contributed by atoms with Crippen LogP contribution in [0.3, 0.4) is 0 Å². The zero-order chi connectivity index (χ0) is 14.0. The van der Waals surface area contributed by atoms with E-state index < -0.39 is 11.9 Å². The van der Waals surface area contributed by atoms with Gasteiger partial charge in [0.1, 0.15) is 5.82 Å². The molecule has 1 heterocycles. The molecule has 1 N–H and O–H groups in total. The van der Waals surface area contributed by atoms with Gasteiger partial charge in [0.2, 0.25) is 0 Å². The number of anilines is 1. The predicted molar refractivity (Wildman–Crippen MR) is 71.8 cm³/mol. The molecule has 0 spiro atoms. The van der Waals surface area contributed by atoms with Crippen LogP contribution in [0.15, 0.2) is 24.3 Å². The van der Waals surface area contributed by atoms with Gasteiger partial charge < -0.3 is 14.9 Å². The molecule has 1 aromatic carbocycles. The number of benzene rings is 1. The first kappa shape index (κ1) is 13.8. The Hall–Kier alpha value is -1.62. The molecule has 0 bridgehead atoms. The third-order valence-corrected chi connectivity index (χ3v) is 3.73. The first-order chi connectivity index (χ1) is 8.99. The Labute approximate surface area is 112 Å². The van der Waals surface area contributed by atoms with Gasteiger partial charge in [-0.2, -0.15) is 0 Å². The summed E-state index contributed by atoms with van der Waals surface area (Å²) in [5, 5.41) is 9.25. The van der Waals surface area contributed by atoms with Gasteiger partial charge in [-0.3, -0.25) is 4.79 Å². The Bertz CT molecular complexity index is 467. The molecule has 0 amide bonds. The summed E-state index contributed by atoms with van der Waals surface area (Å²) in [5.41, 5.74) is 0.482. The summed E-state index contributed by atoms with van der Waals surface area (Å²) >= 11 is 0. The van der Waals surface area contributed by atoms with Crippen LogP contribution in [0.25, 0.3) is 0 Å². The van der Waals surface area contributed by atoms with Crippen LogP contribution in [0, 0.1) is 11.7 Å². The van der Waals surface area contributed by atoms with Gasteiger partial charge in [-0.15, -0.1) is 0 Å². The van der Waals surface area contributed by atoms with E-state index in [-0.39, 0.29) is 11.9 Å². The van der Waals surface area contributed by atoms with Crippen molar-refractivity contribution in [2.45, 2.75) is 13.0 Å². The van der Waals surface area contributed by atoms with E-state index in [4.69, 9.17) is 0 Å². The van der Waals surface area contributed by atoms with E-state index in [1.165, 1.54) is 6.07 Å². The van der Waals surface area contributed by atoms with Gasteiger partial charge in [0, 0.05) is 25.7 Å². The van der Waals surface area contributed by atoms with Crippen LogP contribution in [0.2, 0.25) is 0 Å². The molecule has 0 radical (unpaired) electrons. The molecule has 0 saturated carbocycles. The van der Waals surface area contributed by atoms with Gasteiger partial charge in [-0.25, -0.2) is 4.39 Å². The van der Waals surface area contributed by atoms with Crippen LogP contribution in [-0.2, 0) is 4.79 Å². The van der Waals surface area contributed by atoms with E-state index in [1.54, 1.807) is 18.2 Å². The molecule has 0 aliphatic carbocycles. The van der Waals surface area contributed by atoms with Crippen molar-refractivity contribution in [3.05, 3.63) is 30.1 Å². The molecule has 1 saturated heterocycles. The Morgan fingerprint density at radius 3 is 2.63 bits per heavy atom. The Morgan fingerprint density at radius 2 is 2.00 bits per heavy atom. The van der Waals surface area contributed by atoms with Crippen molar-refractivity contribution < 1.29 is 14.3 Å². The number of hydrogen-bond acceptors (Lipinski definition) is 3. The average molecular weight is 266 g/mol. The largest absolute Gasteiger partial charge is 0.481 e. The van der Waals surface area contributed by atoms with Crippen molar-refractivity contribution in [1.82, 2.24) is 4.90 Å². The molecule has 2 atom stereocenters. The molecule has 2 unspecified atom stereocenters. The van der Waals surface area contributed by atoms with E-state index in [0.29, 0.717) is 25.3 Å². The fourth-order valence-corrected chi connectivity index (χ4v) is 2.45. The average Bonchev–Trinajstić information content (AvgIpc) is 2.50. The summed E-state index contributed by atoms with van der Waals surface area (Å²) in [6.07, 6.45) is 0. The molecule has 2 rings (SSSR count). The summed E-state index contributed by atoms with van der Waals surface area (Å²) in [7, 11) is 1.91. The number of carboxylic acid groups (broad SMARTS) is 1. The lowest BCUT2D eigenvalue weighted by Gasteiger charge is -2.27. The zero-order valence-electron chi connectivity index (χ0n) is 11.2. The van der Waals surface area contributed by atoms with Gasteiger partial charge in [-0.05, 0) is 26.1 Å². The van der Waals surface area contributed by atoms with E-state index in [0.717, 1.165) is 0 Å². The minimum atomic E-state index is -0.831. The van der Waals surface area contributed by atoms with Crippen molar-refractivity contribution in [2.75, 3.05) is 31.6 Å². The second-order valence-corrected chi connectivity index (χ2v) is 5.18. The van der Waals surface area contributed by atoms with Gasteiger partial charge in [0.05, 0.1) is 11.6 Å². The van der Waals surface area contributed by atoms with Crippen molar-refractivity contribution in [2.24, 2.45) is 5.92 Å². The molecule has 104 valence electrons. The van der Waals surface area contributed by atoms with Crippen molar-refractivity contribution >= 4 is 11.7 Å². The molecule has 19 heavy (non-hydrogen) atoms. The van der Waals surface area contributed by atoms with E-state index in [9.17, 15) is 14.3 Å².